The molecule has 0 fully saturated rings. The molecule has 0 aliphatic carbocycles. The van der Waals surface area contributed by atoms with E-state index in [4.69, 9.17) is 14.5 Å². The topological polar surface area (TPSA) is 85.4 Å². The lowest BCUT2D eigenvalue weighted by Gasteiger charge is -2.17. The molecule has 1 amide bonds. The molecule has 4 aromatic rings. The van der Waals surface area contributed by atoms with Gasteiger partial charge in [-0.2, -0.15) is 0 Å². The second kappa shape index (κ2) is 10.9. The lowest BCUT2D eigenvalue weighted by Crippen LogP contribution is -2.13. The molecule has 0 bridgehead atoms. The number of halogens is 1. The third kappa shape index (κ3) is 5.78. The van der Waals surface area contributed by atoms with Crippen molar-refractivity contribution in [2.75, 3.05) is 24.9 Å². The Morgan fingerprint density at radius 3 is 2.53 bits per heavy atom. The van der Waals surface area contributed by atoms with Gasteiger partial charge in [0.15, 0.2) is 11.5 Å². The number of ether oxygens (including phenoxy) is 2. The van der Waals surface area contributed by atoms with Crippen LogP contribution in [0.3, 0.4) is 0 Å². The zero-order chi connectivity index (χ0) is 25.7. The van der Waals surface area contributed by atoms with Crippen molar-refractivity contribution in [2.24, 2.45) is 0 Å². The van der Waals surface area contributed by atoms with Crippen LogP contribution in [0.5, 0.6) is 11.5 Å². The maximum atomic E-state index is 13.7. The zero-order valence-electron chi connectivity index (χ0n) is 20.5. The number of carbonyl (C=O) groups excluding carboxylic acids is 1. The molecule has 36 heavy (non-hydrogen) atoms. The summed E-state index contributed by atoms with van der Waals surface area (Å²) in [6.45, 7) is 3.73. The van der Waals surface area contributed by atoms with Gasteiger partial charge in [0.2, 0.25) is 0 Å². The number of methoxy groups -OCH3 is 2. The minimum absolute atomic E-state index is 0.131. The number of hydrogen-bond donors (Lipinski definition) is 2. The average Bonchev–Trinajstić information content (AvgIpc) is 2.88. The molecular formula is C28H27FN4O3. The first kappa shape index (κ1) is 24.7. The van der Waals surface area contributed by atoms with Crippen LogP contribution in [0.15, 0.2) is 73.1 Å². The zero-order valence-corrected chi connectivity index (χ0v) is 20.5. The monoisotopic (exact) mass is 486 g/mol. The summed E-state index contributed by atoms with van der Waals surface area (Å²) in [5.74, 6) is 1.03. The van der Waals surface area contributed by atoms with Gasteiger partial charge in [-0.05, 0) is 73.5 Å². The summed E-state index contributed by atoms with van der Waals surface area (Å²) in [7, 11) is 3.18. The van der Waals surface area contributed by atoms with E-state index in [1.54, 1.807) is 45.7 Å². The second-order valence-electron chi connectivity index (χ2n) is 8.32. The number of aryl methyl sites for hydroxylation is 1. The fraction of sp³-hybridized carbons (Fsp3) is 0.179. The molecule has 1 heterocycles. The predicted molar refractivity (Wildman–Crippen MR) is 138 cm³/mol. The van der Waals surface area contributed by atoms with Crippen LogP contribution in [0.2, 0.25) is 0 Å². The predicted octanol–water partition coefficient (Wildman–Crippen LogP) is 6.03. The highest BCUT2D eigenvalue weighted by molar-refractivity contribution is 6.04. The lowest BCUT2D eigenvalue weighted by molar-refractivity contribution is 0.102. The van der Waals surface area contributed by atoms with Gasteiger partial charge in [-0.25, -0.2) is 9.37 Å². The van der Waals surface area contributed by atoms with Gasteiger partial charge in [0.25, 0.3) is 5.91 Å². The van der Waals surface area contributed by atoms with Crippen molar-refractivity contribution >= 4 is 17.4 Å². The summed E-state index contributed by atoms with van der Waals surface area (Å²) < 4.78 is 24.4. The first-order valence-corrected chi connectivity index (χ1v) is 11.4. The normalized spacial score (nSPS) is 11.5. The Hall–Kier alpha value is -4.46. The van der Waals surface area contributed by atoms with E-state index in [2.05, 4.69) is 15.6 Å². The molecule has 0 unspecified atom stereocenters. The Balaban J connectivity index is 1.49. The van der Waals surface area contributed by atoms with E-state index in [9.17, 15) is 9.18 Å². The molecule has 4 rings (SSSR count). The number of carbonyl (C=O) groups is 1. The third-order valence-electron chi connectivity index (χ3n) is 5.63. The third-order valence-corrected chi connectivity index (χ3v) is 5.63. The van der Waals surface area contributed by atoms with Crippen LogP contribution in [-0.2, 0) is 0 Å². The Bertz CT molecular complexity index is 1370. The summed E-state index contributed by atoms with van der Waals surface area (Å²) in [4.78, 5) is 21.6. The molecule has 0 saturated carbocycles. The van der Waals surface area contributed by atoms with Crippen LogP contribution in [0, 0.1) is 12.7 Å². The first-order chi connectivity index (χ1) is 17.4. The van der Waals surface area contributed by atoms with E-state index in [1.807, 2.05) is 43.3 Å². The molecule has 0 spiro atoms. The number of nitrogens with one attached hydrogen (secondary N) is 2. The molecule has 7 nitrogen and oxygen atoms in total. The van der Waals surface area contributed by atoms with Crippen molar-refractivity contribution in [3.05, 3.63) is 95.6 Å². The van der Waals surface area contributed by atoms with Gasteiger partial charge in [0.1, 0.15) is 11.6 Å². The van der Waals surface area contributed by atoms with Crippen LogP contribution in [-0.4, -0.2) is 30.1 Å². The highest BCUT2D eigenvalue weighted by Crippen LogP contribution is 2.32. The summed E-state index contributed by atoms with van der Waals surface area (Å²) in [6.07, 6.45) is 3.33. The Morgan fingerprint density at radius 1 is 0.972 bits per heavy atom. The minimum Gasteiger partial charge on any atom is -0.493 e. The fourth-order valence-corrected chi connectivity index (χ4v) is 3.83. The Kier molecular flexibility index (Phi) is 7.44. The van der Waals surface area contributed by atoms with Crippen molar-refractivity contribution in [3.63, 3.8) is 0 Å². The Labute approximate surface area is 209 Å². The van der Waals surface area contributed by atoms with Gasteiger partial charge in [-0.1, -0.05) is 12.1 Å². The molecule has 0 aliphatic rings. The number of amides is 1. The van der Waals surface area contributed by atoms with E-state index in [0.717, 1.165) is 11.1 Å². The molecule has 2 N–H and O–H groups in total. The standard InChI is InChI=1S/C28H27FN4O3/c1-17-10-21(12-22(29)11-17)28(34)32-23-7-5-6-19(13-23)18(2)31-27-16-30-15-24(33-27)20-8-9-25(35-3)26(14-20)36-4/h5-16,18H,1-4H3,(H,31,33)(H,32,34)/t18-/m0/s1. The smallest absolute Gasteiger partial charge is 0.255 e. The van der Waals surface area contributed by atoms with Gasteiger partial charge in [-0.15, -0.1) is 0 Å². The maximum Gasteiger partial charge on any atom is 0.255 e. The van der Waals surface area contributed by atoms with E-state index >= 15 is 0 Å². The Morgan fingerprint density at radius 2 is 1.78 bits per heavy atom. The first-order valence-electron chi connectivity index (χ1n) is 11.4. The van der Waals surface area contributed by atoms with Gasteiger partial charge >= 0.3 is 0 Å². The maximum absolute atomic E-state index is 13.7. The summed E-state index contributed by atoms with van der Waals surface area (Å²) in [5.41, 5.74) is 4.02. The van der Waals surface area contributed by atoms with Crippen molar-refractivity contribution in [1.29, 1.82) is 0 Å². The molecule has 3 aromatic carbocycles. The summed E-state index contributed by atoms with van der Waals surface area (Å²) >= 11 is 0. The number of rotatable bonds is 8. The van der Waals surface area contributed by atoms with Gasteiger partial charge in [0, 0.05) is 16.8 Å². The van der Waals surface area contributed by atoms with Crippen LogP contribution in [0.1, 0.15) is 34.5 Å². The summed E-state index contributed by atoms with van der Waals surface area (Å²) in [5, 5.41) is 6.19. The van der Waals surface area contributed by atoms with E-state index in [-0.39, 0.29) is 17.5 Å². The molecule has 1 aromatic heterocycles. The molecule has 0 saturated heterocycles. The quantitative estimate of drug-likeness (QED) is 0.316. The largest absolute Gasteiger partial charge is 0.493 e. The summed E-state index contributed by atoms with van der Waals surface area (Å²) in [6, 6.07) is 17.1. The van der Waals surface area contributed by atoms with Crippen molar-refractivity contribution in [1.82, 2.24) is 9.97 Å². The second-order valence-corrected chi connectivity index (χ2v) is 8.32. The van der Waals surface area contributed by atoms with Crippen molar-refractivity contribution in [3.8, 4) is 22.8 Å². The van der Waals surface area contributed by atoms with Crippen LogP contribution >= 0.6 is 0 Å². The average molecular weight is 487 g/mol. The molecule has 184 valence electrons. The van der Waals surface area contributed by atoms with Gasteiger partial charge in [-0.3, -0.25) is 9.78 Å². The fourth-order valence-electron chi connectivity index (χ4n) is 3.83. The molecule has 8 heteroatoms. The van der Waals surface area contributed by atoms with E-state index in [1.165, 1.54) is 12.1 Å². The molecule has 0 radical (unpaired) electrons. The van der Waals surface area contributed by atoms with Crippen LogP contribution < -0.4 is 20.1 Å². The van der Waals surface area contributed by atoms with E-state index < -0.39 is 5.82 Å². The van der Waals surface area contributed by atoms with Crippen LogP contribution in [0.25, 0.3) is 11.3 Å². The molecule has 0 aliphatic heterocycles. The SMILES string of the molecule is COc1ccc(-c2cncc(N[C@@H](C)c3cccc(NC(=O)c4cc(C)cc(F)c4)c3)n2)cc1OC. The minimum atomic E-state index is -0.442. The highest BCUT2D eigenvalue weighted by atomic mass is 19.1. The number of aromatic nitrogens is 2. The number of anilines is 2. The lowest BCUT2D eigenvalue weighted by atomic mass is 10.1. The number of nitrogens with zero attached hydrogens (tertiary/aromatic N) is 2. The number of hydrogen-bond acceptors (Lipinski definition) is 6. The highest BCUT2D eigenvalue weighted by Gasteiger charge is 2.13. The van der Waals surface area contributed by atoms with Crippen LogP contribution in [0.4, 0.5) is 15.9 Å². The molecular weight excluding hydrogens is 459 g/mol. The van der Waals surface area contributed by atoms with Crippen molar-refractivity contribution in [2.45, 2.75) is 19.9 Å². The number of benzene rings is 3. The van der Waals surface area contributed by atoms with Crippen molar-refractivity contribution < 1.29 is 18.7 Å². The van der Waals surface area contributed by atoms with Gasteiger partial charge < -0.3 is 20.1 Å². The van der Waals surface area contributed by atoms with E-state index in [0.29, 0.717) is 34.3 Å². The molecule has 1 atom stereocenters. The van der Waals surface area contributed by atoms with Gasteiger partial charge in [0.05, 0.1) is 38.3 Å².